The minimum Gasteiger partial charge on any atom is -0.336 e. The maximum absolute atomic E-state index is 12.9. The molecule has 3 fully saturated rings. The molecule has 2 saturated heterocycles. The minimum absolute atomic E-state index is 0.0788. The van der Waals surface area contributed by atoms with Gasteiger partial charge < -0.3 is 14.7 Å². The van der Waals surface area contributed by atoms with Gasteiger partial charge in [0.1, 0.15) is 5.69 Å². The maximum Gasteiger partial charge on any atom is 0.274 e. The summed E-state index contributed by atoms with van der Waals surface area (Å²) in [7, 11) is 0. The summed E-state index contributed by atoms with van der Waals surface area (Å²) in [4.78, 5) is 40.5. The van der Waals surface area contributed by atoms with Gasteiger partial charge in [0.2, 0.25) is 5.91 Å². The summed E-state index contributed by atoms with van der Waals surface area (Å²) in [5.41, 5.74) is 1.19. The minimum atomic E-state index is -0.0788. The van der Waals surface area contributed by atoms with Crippen molar-refractivity contribution in [2.24, 2.45) is 5.92 Å². The summed E-state index contributed by atoms with van der Waals surface area (Å²) < 4.78 is 0. The van der Waals surface area contributed by atoms with E-state index in [9.17, 15) is 9.59 Å². The lowest BCUT2D eigenvalue weighted by molar-refractivity contribution is -0.135. The molecule has 28 heavy (non-hydrogen) atoms. The van der Waals surface area contributed by atoms with Gasteiger partial charge in [-0.3, -0.25) is 14.6 Å². The third-order valence-electron chi connectivity index (χ3n) is 6.21. The van der Waals surface area contributed by atoms with Crippen LogP contribution in [0.2, 0.25) is 0 Å². The Hall–Kier alpha value is -2.02. The number of hydrogen-bond donors (Lipinski definition) is 0. The molecule has 1 aromatic heterocycles. The van der Waals surface area contributed by atoms with Gasteiger partial charge in [0.05, 0.1) is 17.9 Å². The van der Waals surface area contributed by atoms with Crippen molar-refractivity contribution >= 4 is 11.8 Å². The van der Waals surface area contributed by atoms with Crippen LogP contribution in [0.3, 0.4) is 0 Å². The van der Waals surface area contributed by atoms with Crippen LogP contribution in [-0.4, -0.2) is 81.8 Å². The van der Waals surface area contributed by atoms with Crippen molar-refractivity contribution in [2.45, 2.75) is 51.5 Å². The van der Waals surface area contributed by atoms with E-state index in [1.54, 1.807) is 12.4 Å². The molecule has 152 valence electrons. The van der Waals surface area contributed by atoms with E-state index in [4.69, 9.17) is 0 Å². The van der Waals surface area contributed by atoms with Gasteiger partial charge in [0.15, 0.2) is 0 Å². The summed E-state index contributed by atoms with van der Waals surface area (Å²) in [6, 6.07) is 0.125. The molecule has 0 bridgehead atoms. The van der Waals surface area contributed by atoms with Crippen molar-refractivity contribution < 1.29 is 9.59 Å². The first-order valence-corrected chi connectivity index (χ1v) is 10.7. The van der Waals surface area contributed by atoms with Crippen molar-refractivity contribution in [2.75, 3.05) is 39.3 Å². The third-order valence-corrected chi connectivity index (χ3v) is 6.21. The van der Waals surface area contributed by atoms with Crippen molar-refractivity contribution in [3.63, 3.8) is 0 Å². The molecule has 1 saturated carbocycles. The fraction of sp³-hybridized carbons (Fsp3) is 0.714. The highest BCUT2D eigenvalue weighted by Crippen LogP contribution is 2.33. The predicted octanol–water partition coefficient (Wildman–Crippen LogP) is 1.72. The summed E-state index contributed by atoms with van der Waals surface area (Å²) in [5.74, 6) is 0.436. The lowest BCUT2D eigenvalue weighted by Gasteiger charge is -2.33. The van der Waals surface area contributed by atoms with Crippen LogP contribution in [0.1, 0.15) is 54.7 Å². The average molecular weight is 386 g/mol. The van der Waals surface area contributed by atoms with Gasteiger partial charge in [-0.25, -0.2) is 4.98 Å². The molecule has 3 heterocycles. The predicted molar refractivity (Wildman–Crippen MR) is 106 cm³/mol. The van der Waals surface area contributed by atoms with Crippen molar-refractivity contribution in [1.82, 2.24) is 24.7 Å². The van der Waals surface area contributed by atoms with E-state index >= 15 is 0 Å². The molecule has 2 amide bonds. The Kier molecular flexibility index (Phi) is 5.90. The number of aryl methyl sites for hydroxylation is 1. The van der Waals surface area contributed by atoms with Gasteiger partial charge >= 0.3 is 0 Å². The topological polar surface area (TPSA) is 69.6 Å². The molecule has 0 N–H and O–H groups in total. The Bertz CT molecular complexity index is 697. The van der Waals surface area contributed by atoms with Crippen LogP contribution < -0.4 is 0 Å². The molecular formula is C21H31N5O2. The average Bonchev–Trinajstić information content (AvgIpc) is 3.47. The summed E-state index contributed by atoms with van der Waals surface area (Å²) in [6.07, 6.45) is 9.92. The zero-order valence-corrected chi connectivity index (χ0v) is 16.8. The molecule has 2 aliphatic heterocycles. The van der Waals surface area contributed by atoms with E-state index in [1.165, 1.54) is 19.3 Å². The normalized spacial score (nSPS) is 23.0. The maximum atomic E-state index is 12.9. The molecule has 0 radical (unpaired) electrons. The summed E-state index contributed by atoms with van der Waals surface area (Å²) in [6.45, 7) is 7.17. The second-order valence-corrected chi connectivity index (χ2v) is 8.44. The Balaban J connectivity index is 1.38. The number of hydrogen-bond acceptors (Lipinski definition) is 5. The molecule has 3 aliphatic rings. The summed E-state index contributed by atoms with van der Waals surface area (Å²) in [5, 5.41) is 0. The van der Waals surface area contributed by atoms with Crippen molar-refractivity contribution in [3.8, 4) is 0 Å². The van der Waals surface area contributed by atoms with Gasteiger partial charge in [0.25, 0.3) is 5.91 Å². The summed E-state index contributed by atoms with van der Waals surface area (Å²) >= 11 is 0. The first-order chi connectivity index (χ1) is 13.6. The highest BCUT2D eigenvalue weighted by Gasteiger charge is 2.39. The third kappa shape index (κ3) is 4.51. The Morgan fingerprint density at radius 3 is 2.54 bits per heavy atom. The van der Waals surface area contributed by atoms with Gasteiger partial charge in [-0.05, 0) is 52.1 Å². The van der Waals surface area contributed by atoms with Crippen LogP contribution in [-0.2, 0) is 4.79 Å². The van der Waals surface area contributed by atoms with E-state index in [0.29, 0.717) is 24.7 Å². The van der Waals surface area contributed by atoms with Crippen molar-refractivity contribution in [1.29, 1.82) is 0 Å². The number of rotatable bonds is 6. The molecule has 1 aliphatic carbocycles. The Morgan fingerprint density at radius 1 is 1.07 bits per heavy atom. The Morgan fingerprint density at radius 2 is 1.86 bits per heavy atom. The number of carbonyl (C=O) groups is 2. The fourth-order valence-electron chi connectivity index (χ4n) is 4.32. The molecular weight excluding hydrogens is 354 g/mol. The van der Waals surface area contributed by atoms with E-state index in [2.05, 4.69) is 19.8 Å². The van der Waals surface area contributed by atoms with Crippen LogP contribution in [0.4, 0.5) is 0 Å². The molecule has 0 spiro atoms. The molecule has 7 nitrogen and oxygen atoms in total. The van der Waals surface area contributed by atoms with Crippen LogP contribution >= 0.6 is 0 Å². The van der Waals surface area contributed by atoms with Crippen LogP contribution in [0, 0.1) is 12.8 Å². The van der Waals surface area contributed by atoms with E-state index in [-0.39, 0.29) is 17.9 Å². The van der Waals surface area contributed by atoms with E-state index < -0.39 is 0 Å². The van der Waals surface area contributed by atoms with Gasteiger partial charge in [-0.15, -0.1) is 0 Å². The SMILES string of the molecule is Cc1cnc(C(=O)N2CCC(N(CCN3CCCCC3)C(=O)C3CC3)C2)cn1. The van der Waals surface area contributed by atoms with Crippen molar-refractivity contribution in [3.05, 3.63) is 23.8 Å². The Labute approximate surface area is 167 Å². The first-order valence-electron chi connectivity index (χ1n) is 10.7. The molecule has 7 heteroatoms. The monoisotopic (exact) mass is 385 g/mol. The zero-order valence-electron chi connectivity index (χ0n) is 16.8. The number of aromatic nitrogens is 2. The number of amides is 2. The molecule has 4 rings (SSSR count). The second kappa shape index (κ2) is 8.55. The fourth-order valence-corrected chi connectivity index (χ4v) is 4.32. The largest absolute Gasteiger partial charge is 0.336 e. The quantitative estimate of drug-likeness (QED) is 0.746. The number of nitrogens with zero attached hydrogens (tertiary/aromatic N) is 5. The lowest BCUT2D eigenvalue weighted by Crippen LogP contribution is -2.47. The number of piperidine rings is 1. The highest BCUT2D eigenvalue weighted by atomic mass is 16.2. The van der Waals surface area contributed by atoms with E-state index in [0.717, 1.165) is 51.1 Å². The molecule has 1 atom stereocenters. The van der Waals surface area contributed by atoms with Gasteiger partial charge in [-0.2, -0.15) is 0 Å². The van der Waals surface area contributed by atoms with Crippen LogP contribution in [0.25, 0.3) is 0 Å². The van der Waals surface area contributed by atoms with E-state index in [1.807, 2.05) is 11.8 Å². The molecule has 1 unspecified atom stereocenters. The number of likely N-dealkylation sites (tertiary alicyclic amines) is 2. The first kappa shape index (κ1) is 19.3. The van der Waals surface area contributed by atoms with Crippen LogP contribution in [0.15, 0.2) is 12.4 Å². The molecule has 0 aromatic carbocycles. The van der Waals surface area contributed by atoms with Gasteiger partial charge in [-0.1, -0.05) is 6.42 Å². The number of carbonyl (C=O) groups excluding carboxylic acids is 2. The zero-order chi connectivity index (χ0) is 19.5. The lowest BCUT2D eigenvalue weighted by atomic mass is 10.1. The smallest absolute Gasteiger partial charge is 0.274 e. The second-order valence-electron chi connectivity index (χ2n) is 8.44. The standard InChI is InChI=1S/C21H31N5O2/c1-16-13-23-19(14-22-16)21(28)25-10-7-18(15-25)26(20(27)17-5-6-17)12-11-24-8-3-2-4-9-24/h13-14,17-18H,2-12,15H2,1H3. The van der Waals surface area contributed by atoms with Crippen LogP contribution in [0.5, 0.6) is 0 Å². The highest BCUT2D eigenvalue weighted by molar-refractivity contribution is 5.92. The molecule has 1 aromatic rings. The van der Waals surface area contributed by atoms with Gasteiger partial charge in [0, 0.05) is 38.3 Å².